The van der Waals surface area contributed by atoms with Crippen molar-refractivity contribution in [1.82, 2.24) is 0 Å². The van der Waals surface area contributed by atoms with Crippen molar-refractivity contribution in [2.24, 2.45) is 0 Å². The molecule has 2 aromatic rings. The summed E-state index contributed by atoms with van der Waals surface area (Å²) in [6.45, 7) is 0.226. The zero-order chi connectivity index (χ0) is 18.7. The van der Waals surface area contributed by atoms with Crippen LogP contribution in [0, 0.1) is 10.1 Å². The fourth-order valence-corrected chi connectivity index (χ4v) is 2.45. The van der Waals surface area contributed by atoms with E-state index in [9.17, 15) is 19.7 Å². The summed E-state index contributed by atoms with van der Waals surface area (Å²) in [5, 5.41) is 11.3. The van der Waals surface area contributed by atoms with Crippen molar-refractivity contribution in [2.75, 3.05) is 6.61 Å². The second kappa shape index (κ2) is 7.40. The number of hydrogen-bond donors (Lipinski definition) is 0. The predicted octanol–water partition coefficient (Wildman–Crippen LogP) is 3.51. The van der Waals surface area contributed by atoms with Crippen LogP contribution in [0.15, 0.2) is 42.5 Å². The minimum Gasteiger partial charge on any atom is -0.463 e. The van der Waals surface area contributed by atoms with Crippen molar-refractivity contribution in [3.8, 4) is 11.5 Å². The van der Waals surface area contributed by atoms with Gasteiger partial charge in [0.2, 0.25) is 11.9 Å². The first-order chi connectivity index (χ1) is 12.4. The van der Waals surface area contributed by atoms with E-state index in [1.54, 1.807) is 0 Å². The Kier molecular flexibility index (Phi) is 5.04. The predicted molar refractivity (Wildman–Crippen MR) is 89.4 cm³/mol. The first kappa shape index (κ1) is 17.7. The van der Waals surface area contributed by atoms with Crippen LogP contribution in [-0.2, 0) is 14.3 Å². The lowest BCUT2D eigenvalue weighted by molar-refractivity contribution is -0.385. The number of esters is 2. The normalized spacial score (nSPS) is 16.0. The summed E-state index contributed by atoms with van der Waals surface area (Å²) < 4.78 is 15.3. The Labute approximate surface area is 152 Å². The molecule has 26 heavy (non-hydrogen) atoms. The molecular formula is C17H12ClNO7. The van der Waals surface area contributed by atoms with Gasteiger partial charge in [0, 0.05) is 17.5 Å². The van der Waals surface area contributed by atoms with E-state index in [4.69, 9.17) is 25.8 Å². The maximum absolute atomic E-state index is 12.0. The van der Waals surface area contributed by atoms with Gasteiger partial charge in [0.25, 0.3) is 0 Å². The van der Waals surface area contributed by atoms with Gasteiger partial charge >= 0.3 is 17.6 Å². The van der Waals surface area contributed by atoms with Crippen molar-refractivity contribution in [1.29, 1.82) is 0 Å². The van der Waals surface area contributed by atoms with Gasteiger partial charge in [0.1, 0.15) is 5.75 Å². The summed E-state index contributed by atoms with van der Waals surface area (Å²) in [6.07, 6.45) is -0.568. The van der Waals surface area contributed by atoms with E-state index in [1.807, 2.05) is 0 Å². The maximum Gasteiger partial charge on any atom is 0.347 e. The average molecular weight is 378 g/mol. The molecule has 0 spiro atoms. The summed E-state index contributed by atoms with van der Waals surface area (Å²) in [7, 11) is 0. The molecule has 0 N–H and O–H groups in total. The Morgan fingerprint density at radius 1 is 1.23 bits per heavy atom. The van der Waals surface area contributed by atoms with E-state index in [-0.39, 0.29) is 34.4 Å². The summed E-state index contributed by atoms with van der Waals surface area (Å²) >= 11 is 5.76. The number of hydrogen-bond acceptors (Lipinski definition) is 7. The third-order valence-electron chi connectivity index (χ3n) is 3.57. The Morgan fingerprint density at radius 3 is 2.58 bits per heavy atom. The number of halogens is 1. The van der Waals surface area contributed by atoms with Gasteiger partial charge in [-0.3, -0.25) is 10.1 Å². The molecule has 3 rings (SSSR count). The molecular weight excluding hydrogens is 366 g/mol. The number of ether oxygens (including phenoxy) is 3. The molecule has 0 aliphatic carbocycles. The molecule has 2 aromatic carbocycles. The summed E-state index contributed by atoms with van der Waals surface area (Å²) in [6, 6.07) is 9.82. The van der Waals surface area contributed by atoms with E-state index in [0.717, 1.165) is 0 Å². The van der Waals surface area contributed by atoms with Gasteiger partial charge in [-0.05, 0) is 36.4 Å². The summed E-state index contributed by atoms with van der Waals surface area (Å²) in [5.41, 5.74) is -0.0663. The van der Waals surface area contributed by atoms with Crippen molar-refractivity contribution in [3.63, 3.8) is 0 Å². The minimum atomic E-state index is -0.893. The molecule has 0 aromatic heterocycles. The number of nitro benzene ring substituents is 1. The van der Waals surface area contributed by atoms with Crippen molar-refractivity contribution in [3.05, 3.63) is 63.2 Å². The third-order valence-corrected chi connectivity index (χ3v) is 3.81. The highest BCUT2D eigenvalue weighted by Crippen LogP contribution is 2.33. The number of nitrogens with zero attached hydrogens (tertiary/aromatic N) is 1. The molecule has 1 heterocycles. The zero-order valence-corrected chi connectivity index (χ0v) is 14.0. The van der Waals surface area contributed by atoms with Gasteiger partial charge in [0.15, 0.2) is 0 Å². The van der Waals surface area contributed by atoms with Gasteiger partial charge in [-0.15, -0.1) is 0 Å². The van der Waals surface area contributed by atoms with E-state index < -0.39 is 23.0 Å². The maximum atomic E-state index is 12.0. The van der Waals surface area contributed by atoms with Gasteiger partial charge in [0.05, 0.1) is 17.1 Å². The van der Waals surface area contributed by atoms with Crippen LogP contribution < -0.4 is 4.74 Å². The number of nitro groups is 1. The van der Waals surface area contributed by atoms with Crippen LogP contribution in [0.3, 0.4) is 0 Å². The van der Waals surface area contributed by atoms with Crippen LogP contribution in [0.1, 0.15) is 16.8 Å². The first-order valence-corrected chi connectivity index (χ1v) is 7.91. The van der Waals surface area contributed by atoms with Gasteiger partial charge in [-0.25, -0.2) is 9.59 Å². The average Bonchev–Trinajstić information content (AvgIpc) is 3.01. The van der Waals surface area contributed by atoms with Crippen LogP contribution in [0.25, 0.3) is 0 Å². The molecule has 0 unspecified atom stereocenters. The zero-order valence-electron chi connectivity index (χ0n) is 13.2. The summed E-state index contributed by atoms with van der Waals surface area (Å²) in [4.78, 5) is 33.8. The molecule has 0 radical (unpaired) electrons. The number of cyclic esters (lactones) is 1. The first-order valence-electron chi connectivity index (χ1n) is 7.53. The Hall–Kier alpha value is -3.13. The third kappa shape index (κ3) is 3.92. The number of carbonyl (C=O) groups is 2. The van der Waals surface area contributed by atoms with Gasteiger partial charge in [-0.1, -0.05) is 11.6 Å². The van der Waals surface area contributed by atoms with Crippen LogP contribution in [0.2, 0.25) is 5.02 Å². The molecule has 8 nitrogen and oxygen atoms in total. The molecule has 9 heteroatoms. The monoisotopic (exact) mass is 377 g/mol. The lowest BCUT2D eigenvalue weighted by Crippen LogP contribution is -2.22. The van der Waals surface area contributed by atoms with Crippen LogP contribution in [0.5, 0.6) is 11.5 Å². The fraction of sp³-hybridized carbons (Fsp3) is 0.176. The largest absolute Gasteiger partial charge is 0.463 e. The number of benzene rings is 2. The van der Waals surface area contributed by atoms with Crippen molar-refractivity contribution in [2.45, 2.75) is 12.5 Å². The SMILES string of the molecule is O=C(O[C@H]1CCOC1=O)c1ccc(Oc2ccc(Cl)cc2[N+](=O)[O-])cc1. The van der Waals surface area contributed by atoms with Crippen LogP contribution in [-0.4, -0.2) is 29.6 Å². The molecule has 0 amide bonds. The van der Waals surface area contributed by atoms with E-state index in [0.29, 0.717) is 6.42 Å². The molecule has 1 aliphatic rings. The van der Waals surface area contributed by atoms with Crippen molar-refractivity contribution >= 4 is 29.2 Å². The molecule has 134 valence electrons. The molecule has 0 bridgehead atoms. The van der Waals surface area contributed by atoms with Crippen molar-refractivity contribution < 1.29 is 28.7 Å². The van der Waals surface area contributed by atoms with Gasteiger partial charge < -0.3 is 14.2 Å². The Bertz CT molecular complexity index is 866. The van der Waals surface area contributed by atoms with E-state index >= 15 is 0 Å². The minimum absolute atomic E-state index is 0.0171. The summed E-state index contributed by atoms with van der Waals surface area (Å²) in [5.74, 6) is -0.929. The number of rotatable bonds is 5. The van der Waals surface area contributed by atoms with Gasteiger partial charge in [-0.2, -0.15) is 0 Å². The second-order valence-electron chi connectivity index (χ2n) is 5.35. The molecule has 1 fully saturated rings. The number of carbonyl (C=O) groups excluding carboxylic acids is 2. The standard InChI is InChI=1S/C17H12ClNO7/c18-11-3-6-14(13(9-11)19(22)23)25-12-4-1-10(2-5-12)16(20)26-15-7-8-24-17(15)21/h1-6,9,15H,7-8H2/t15-/m0/s1. The molecule has 1 saturated heterocycles. The smallest absolute Gasteiger partial charge is 0.347 e. The quantitative estimate of drug-likeness (QED) is 0.446. The highest BCUT2D eigenvalue weighted by Gasteiger charge is 2.30. The highest BCUT2D eigenvalue weighted by molar-refractivity contribution is 6.30. The fourth-order valence-electron chi connectivity index (χ4n) is 2.29. The molecule has 1 atom stereocenters. The molecule has 1 aliphatic heterocycles. The van der Waals surface area contributed by atoms with E-state index in [2.05, 4.69) is 0 Å². The van der Waals surface area contributed by atoms with Crippen LogP contribution in [0.4, 0.5) is 5.69 Å². The lowest BCUT2D eigenvalue weighted by atomic mass is 10.2. The Balaban J connectivity index is 1.71. The van der Waals surface area contributed by atoms with E-state index in [1.165, 1.54) is 42.5 Å². The second-order valence-corrected chi connectivity index (χ2v) is 5.78. The lowest BCUT2D eigenvalue weighted by Gasteiger charge is -2.09. The highest BCUT2D eigenvalue weighted by atomic mass is 35.5. The molecule has 0 saturated carbocycles. The van der Waals surface area contributed by atoms with Crippen LogP contribution >= 0.6 is 11.6 Å². The Morgan fingerprint density at radius 2 is 1.96 bits per heavy atom. The topological polar surface area (TPSA) is 105 Å².